The minimum atomic E-state index is -0.699. The van der Waals surface area contributed by atoms with Gasteiger partial charge in [-0.05, 0) is 26.3 Å². The molecule has 4 nitrogen and oxygen atoms in total. The van der Waals surface area contributed by atoms with E-state index in [1.807, 2.05) is 11.9 Å². The number of hydrogen-bond donors (Lipinski definition) is 1. The molecule has 0 amide bonds. The molecule has 0 unspecified atom stereocenters. The Balaban J connectivity index is 0.00000112. The van der Waals surface area contributed by atoms with Gasteiger partial charge in [0.25, 0.3) is 0 Å². The predicted molar refractivity (Wildman–Crippen MR) is 71.9 cm³/mol. The van der Waals surface area contributed by atoms with Gasteiger partial charge in [-0.15, -0.1) is 0 Å². The Morgan fingerprint density at radius 1 is 1.50 bits per heavy atom. The van der Waals surface area contributed by atoms with Crippen molar-refractivity contribution in [2.45, 2.75) is 25.3 Å². The van der Waals surface area contributed by atoms with Gasteiger partial charge in [-0.25, -0.2) is 0 Å². The molecule has 0 bridgehead atoms. The second kappa shape index (κ2) is 6.14. The van der Waals surface area contributed by atoms with Gasteiger partial charge in [-0.1, -0.05) is 0 Å². The van der Waals surface area contributed by atoms with Crippen LogP contribution in [0.2, 0.25) is 0 Å². The summed E-state index contributed by atoms with van der Waals surface area (Å²) < 4.78 is 5.46. The van der Waals surface area contributed by atoms with Crippen LogP contribution in [0.25, 0.3) is 0 Å². The third-order valence-corrected chi connectivity index (χ3v) is 3.43. The lowest BCUT2D eigenvalue weighted by atomic mass is 9.80. The number of nitrogens with zero attached hydrogens (tertiary/aromatic N) is 1. The SMILES string of the molecule is CN1C[C@]2(CCCOC2)C[C@H]1C(=O)O.S.S. The van der Waals surface area contributed by atoms with Gasteiger partial charge in [0.05, 0.1) is 6.61 Å². The summed E-state index contributed by atoms with van der Waals surface area (Å²) in [6.07, 6.45) is 2.93. The van der Waals surface area contributed by atoms with Gasteiger partial charge < -0.3 is 9.84 Å². The minimum Gasteiger partial charge on any atom is -0.480 e. The van der Waals surface area contributed by atoms with E-state index in [2.05, 4.69) is 0 Å². The van der Waals surface area contributed by atoms with Gasteiger partial charge in [-0.3, -0.25) is 9.69 Å². The fourth-order valence-corrected chi connectivity index (χ4v) is 2.74. The molecule has 0 aliphatic carbocycles. The predicted octanol–water partition coefficient (Wildman–Crippen LogP) is 0.797. The van der Waals surface area contributed by atoms with Crippen molar-refractivity contribution in [3.63, 3.8) is 0 Å². The molecule has 2 atom stereocenters. The third kappa shape index (κ3) is 3.06. The summed E-state index contributed by atoms with van der Waals surface area (Å²) in [5, 5.41) is 9.02. The summed E-state index contributed by atoms with van der Waals surface area (Å²) >= 11 is 0. The highest BCUT2D eigenvalue weighted by Gasteiger charge is 2.46. The van der Waals surface area contributed by atoms with Crippen molar-refractivity contribution in [1.29, 1.82) is 0 Å². The van der Waals surface area contributed by atoms with Crippen molar-refractivity contribution in [3.8, 4) is 0 Å². The van der Waals surface area contributed by atoms with E-state index in [0.717, 1.165) is 39.0 Å². The molecule has 2 heterocycles. The standard InChI is InChI=1S/C10H17NO3.2H2S/c1-11-6-10(3-2-4-14-7-10)5-8(11)9(12)13;;/h8H,2-7H2,1H3,(H,12,13);2*1H2/t8-,10-;;/m0../s1. The van der Waals surface area contributed by atoms with Crippen molar-refractivity contribution >= 4 is 33.0 Å². The lowest BCUT2D eigenvalue weighted by Gasteiger charge is -2.32. The molecule has 2 aliphatic heterocycles. The Hall–Kier alpha value is 0.0900. The number of likely N-dealkylation sites (N-methyl/N-ethyl adjacent to an activating group) is 1. The van der Waals surface area contributed by atoms with Crippen molar-refractivity contribution in [3.05, 3.63) is 0 Å². The van der Waals surface area contributed by atoms with Gasteiger partial charge in [0.1, 0.15) is 6.04 Å². The Kier molecular flexibility index (Phi) is 6.17. The van der Waals surface area contributed by atoms with E-state index in [-0.39, 0.29) is 38.4 Å². The third-order valence-electron chi connectivity index (χ3n) is 3.43. The highest BCUT2D eigenvalue weighted by Crippen LogP contribution is 2.40. The molecule has 1 spiro atoms. The molecular weight excluding hydrogens is 246 g/mol. The monoisotopic (exact) mass is 267 g/mol. The molecule has 0 aromatic rings. The average Bonchev–Trinajstić information content (AvgIpc) is 2.44. The number of carboxylic acids is 1. The maximum atomic E-state index is 11.0. The Bertz CT molecular complexity index is 244. The summed E-state index contributed by atoms with van der Waals surface area (Å²) in [4.78, 5) is 12.9. The van der Waals surface area contributed by atoms with E-state index in [9.17, 15) is 4.79 Å². The number of aliphatic carboxylic acids is 1. The van der Waals surface area contributed by atoms with Crippen LogP contribution < -0.4 is 0 Å². The fraction of sp³-hybridized carbons (Fsp3) is 0.900. The van der Waals surface area contributed by atoms with Crippen LogP contribution in [0, 0.1) is 5.41 Å². The van der Waals surface area contributed by atoms with Crippen LogP contribution in [-0.2, 0) is 9.53 Å². The van der Waals surface area contributed by atoms with Crippen molar-refractivity contribution in [2.24, 2.45) is 5.41 Å². The molecule has 2 saturated heterocycles. The first-order valence-corrected chi connectivity index (χ1v) is 5.14. The molecule has 16 heavy (non-hydrogen) atoms. The Morgan fingerprint density at radius 2 is 2.19 bits per heavy atom. The quantitative estimate of drug-likeness (QED) is 0.763. The molecule has 2 rings (SSSR count). The number of ether oxygens (including phenoxy) is 1. The van der Waals surface area contributed by atoms with Gasteiger partial charge in [0, 0.05) is 18.6 Å². The molecule has 2 aliphatic rings. The van der Waals surface area contributed by atoms with Crippen LogP contribution in [0.5, 0.6) is 0 Å². The fourth-order valence-electron chi connectivity index (χ4n) is 2.74. The smallest absolute Gasteiger partial charge is 0.320 e. The maximum Gasteiger partial charge on any atom is 0.320 e. The van der Waals surface area contributed by atoms with Gasteiger partial charge in [-0.2, -0.15) is 27.0 Å². The number of carbonyl (C=O) groups is 1. The van der Waals surface area contributed by atoms with E-state index in [1.54, 1.807) is 0 Å². The van der Waals surface area contributed by atoms with Crippen LogP contribution in [-0.4, -0.2) is 48.8 Å². The zero-order valence-corrected chi connectivity index (χ0v) is 11.5. The molecule has 0 radical (unpaired) electrons. The van der Waals surface area contributed by atoms with Crippen LogP contribution in [0.1, 0.15) is 19.3 Å². The molecule has 0 aromatic carbocycles. The van der Waals surface area contributed by atoms with Gasteiger partial charge in [0.2, 0.25) is 0 Å². The molecule has 2 fully saturated rings. The second-order valence-corrected chi connectivity index (χ2v) is 4.63. The summed E-state index contributed by atoms with van der Waals surface area (Å²) in [6, 6.07) is -0.309. The van der Waals surface area contributed by atoms with Crippen LogP contribution >= 0.6 is 27.0 Å². The van der Waals surface area contributed by atoms with E-state index in [1.165, 1.54) is 0 Å². The molecule has 6 heteroatoms. The van der Waals surface area contributed by atoms with Gasteiger partial charge in [0.15, 0.2) is 0 Å². The van der Waals surface area contributed by atoms with E-state index < -0.39 is 5.97 Å². The number of hydrogen-bond acceptors (Lipinski definition) is 3. The minimum absolute atomic E-state index is 0. The molecular formula is C10H21NO3S2. The second-order valence-electron chi connectivity index (χ2n) is 4.63. The van der Waals surface area contributed by atoms with E-state index >= 15 is 0 Å². The summed E-state index contributed by atoms with van der Waals surface area (Å²) in [6.45, 7) is 2.44. The maximum absolute atomic E-state index is 11.0. The molecule has 96 valence electrons. The van der Waals surface area contributed by atoms with Crippen molar-refractivity contribution in [1.82, 2.24) is 4.90 Å². The number of rotatable bonds is 1. The zero-order valence-electron chi connectivity index (χ0n) is 9.53. The summed E-state index contributed by atoms with van der Waals surface area (Å²) in [5.41, 5.74) is 0.121. The van der Waals surface area contributed by atoms with E-state index in [0.29, 0.717) is 0 Å². The first kappa shape index (κ1) is 16.1. The van der Waals surface area contributed by atoms with Crippen LogP contribution in [0.15, 0.2) is 0 Å². The largest absolute Gasteiger partial charge is 0.480 e. The lowest BCUT2D eigenvalue weighted by molar-refractivity contribution is -0.141. The number of likely N-dealkylation sites (tertiary alicyclic amines) is 1. The normalized spacial score (nSPS) is 34.2. The number of carboxylic acid groups (broad SMARTS) is 1. The lowest BCUT2D eigenvalue weighted by Crippen LogP contribution is -2.34. The topological polar surface area (TPSA) is 49.8 Å². The molecule has 0 saturated carbocycles. The summed E-state index contributed by atoms with van der Waals surface area (Å²) in [7, 11) is 1.89. The highest BCUT2D eigenvalue weighted by atomic mass is 32.1. The summed E-state index contributed by atoms with van der Waals surface area (Å²) in [5.74, 6) is -0.699. The van der Waals surface area contributed by atoms with Gasteiger partial charge >= 0.3 is 5.97 Å². The molecule has 1 N–H and O–H groups in total. The van der Waals surface area contributed by atoms with E-state index in [4.69, 9.17) is 9.84 Å². The van der Waals surface area contributed by atoms with Crippen molar-refractivity contribution in [2.75, 3.05) is 26.8 Å². The first-order valence-electron chi connectivity index (χ1n) is 5.14. The average molecular weight is 267 g/mol. The van der Waals surface area contributed by atoms with Crippen molar-refractivity contribution < 1.29 is 14.6 Å². The van der Waals surface area contributed by atoms with Crippen LogP contribution in [0.3, 0.4) is 0 Å². The molecule has 0 aromatic heterocycles. The van der Waals surface area contributed by atoms with Crippen LogP contribution in [0.4, 0.5) is 0 Å². The first-order chi connectivity index (χ1) is 6.63. The Labute approximate surface area is 110 Å². The highest BCUT2D eigenvalue weighted by molar-refractivity contribution is 7.59. The zero-order chi connectivity index (χ0) is 10.2. The Morgan fingerprint density at radius 3 is 2.62 bits per heavy atom.